The van der Waals surface area contributed by atoms with E-state index in [-0.39, 0.29) is 37.2 Å². The van der Waals surface area contributed by atoms with Crippen LogP contribution >= 0.6 is 11.8 Å². The molecule has 0 radical (unpaired) electrons. The average Bonchev–Trinajstić information content (AvgIpc) is 3.83. The summed E-state index contributed by atoms with van der Waals surface area (Å²) in [6.07, 6.45) is 3.38. The predicted octanol–water partition coefficient (Wildman–Crippen LogP) is 0.859. The van der Waals surface area contributed by atoms with E-state index < -0.39 is 89.1 Å². The van der Waals surface area contributed by atoms with Crippen molar-refractivity contribution in [2.75, 3.05) is 19.1 Å². The first kappa shape index (κ1) is 46.9. The van der Waals surface area contributed by atoms with Gasteiger partial charge in [0.1, 0.15) is 35.7 Å². The fourth-order valence-electron chi connectivity index (χ4n) is 8.00. The molecule has 2 aliphatic rings. The minimum atomic E-state index is -1.48. The first-order chi connectivity index (χ1) is 30.4. The molecule has 4 aromatic rings. The number of aromatic amines is 2. The zero-order valence-electron chi connectivity index (χ0n) is 35.8. The molecule has 64 heavy (non-hydrogen) atoms. The SMILES string of the molecule is CSCCC(NC(=O)N[C@@H](Cc1c[nH]c2ccccc12)C(=O)O)C(=O)NC(C(=O)N/C=C1\C[C@@H](O)[C@H](n2ccc(=O)[nH]c2=O)O1)C(C)N(C)C(=O)C1Cc2cc(O)ccc2C(C)(C)N1. The summed E-state index contributed by atoms with van der Waals surface area (Å²) in [6.45, 7) is 5.35. The summed E-state index contributed by atoms with van der Waals surface area (Å²) >= 11 is 1.39. The van der Waals surface area contributed by atoms with Crippen LogP contribution in [0.15, 0.2) is 82.5 Å². The molecule has 0 aliphatic carbocycles. The molecule has 4 unspecified atom stereocenters. The number of hydrogen-bond acceptors (Lipinski definition) is 12. The molecule has 0 bridgehead atoms. The maximum atomic E-state index is 14.3. The number of urea groups is 1. The van der Waals surface area contributed by atoms with Crippen LogP contribution in [0.25, 0.3) is 10.9 Å². The number of fused-ring (bicyclic) bond motifs is 2. The van der Waals surface area contributed by atoms with Crippen LogP contribution in [0, 0.1) is 0 Å². The van der Waals surface area contributed by atoms with Gasteiger partial charge in [0.15, 0.2) is 0 Å². The summed E-state index contributed by atoms with van der Waals surface area (Å²) < 4.78 is 6.75. The molecule has 5 amide bonds. The van der Waals surface area contributed by atoms with Crippen molar-refractivity contribution in [3.63, 3.8) is 0 Å². The number of carboxylic acid groups (broad SMARTS) is 1. The second-order valence-corrected chi connectivity index (χ2v) is 17.4. The van der Waals surface area contributed by atoms with Crippen LogP contribution in [0.1, 0.15) is 56.5 Å². The third kappa shape index (κ3) is 10.8. The van der Waals surface area contributed by atoms with Crippen LogP contribution in [0.3, 0.4) is 0 Å². The first-order valence-corrected chi connectivity index (χ1v) is 21.9. The summed E-state index contributed by atoms with van der Waals surface area (Å²) in [4.78, 5) is 98.9. The number of aliphatic carboxylic acids is 1. The summed E-state index contributed by atoms with van der Waals surface area (Å²) in [5, 5.41) is 45.5. The van der Waals surface area contributed by atoms with E-state index in [0.29, 0.717) is 11.3 Å². The lowest BCUT2D eigenvalue weighted by molar-refractivity contribution is -0.139. The number of nitrogens with zero attached hydrogens (tertiary/aromatic N) is 2. The number of hydrogen-bond donors (Lipinski definition) is 10. The second-order valence-electron chi connectivity index (χ2n) is 16.4. The maximum absolute atomic E-state index is 14.3. The molecule has 21 heteroatoms. The van der Waals surface area contributed by atoms with Gasteiger partial charge < -0.3 is 51.2 Å². The van der Waals surface area contributed by atoms with E-state index in [1.165, 1.54) is 23.7 Å². The molecule has 4 heterocycles. The number of rotatable bonds is 16. The number of phenols is 1. The quantitative estimate of drug-likeness (QED) is 0.0748. The van der Waals surface area contributed by atoms with Crippen molar-refractivity contribution in [1.82, 2.24) is 46.0 Å². The summed E-state index contributed by atoms with van der Waals surface area (Å²) in [6, 6.07) is 6.44. The molecule has 6 rings (SSSR count). The van der Waals surface area contributed by atoms with Gasteiger partial charge in [0, 0.05) is 61.0 Å². The Morgan fingerprint density at radius 3 is 2.48 bits per heavy atom. The van der Waals surface area contributed by atoms with E-state index in [1.54, 1.807) is 37.6 Å². The highest BCUT2D eigenvalue weighted by Crippen LogP contribution is 2.33. The average molecular weight is 904 g/mol. The topological polar surface area (TPSA) is 289 Å². The monoisotopic (exact) mass is 903 g/mol. The third-order valence-corrected chi connectivity index (χ3v) is 12.1. The number of nitrogens with one attached hydrogen (secondary N) is 7. The Balaban J connectivity index is 1.22. The number of aromatic nitrogens is 3. The van der Waals surface area contributed by atoms with E-state index in [4.69, 9.17) is 4.74 Å². The van der Waals surface area contributed by atoms with Gasteiger partial charge in [-0.05, 0) is 80.5 Å². The van der Waals surface area contributed by atoms with Crippen LogP contribution in [0.2, 0.25) is 0 Å². The highest BCUT2D eigenvalue weighted by molar-refractivity contribution is 7.98. The maximum Gasteiger partial charge on any atom is 0.331 e. The number of benzene rings is 2. The number of carbonyl (C=O) groups is 5. The Hall–Kier alpha value is -6.58. The smallest absolute Gasteiger partial charge is 0.331 e. The van der Waals surface area contributed by atoms with Crippen molar-refractivity contribution in [3.8, 4) is 5.75 Å². The third-order valence-electron chi connectivity index (χ3n) is 11.5. The Kier molecular flexibility index (Phi) is 14.6. The summed E-state index contributed by atoms with van der Waals surface area (Å²) in [5.41, 5.74) is 0.949. The Morgan fingerprint density at radius 2 is 1.77 bits per heavy atom. The molecule has 2 aromatic carbocycles. The van der Waals surface area contributed by atoms with Crippen LogP contribution < -0.4 is 37.8 Å². The standard InChI is InChI=1S/C43H53N9O11S/c1-22(51(4)38(58)31-17-23-16-25(53)10-11-28(23)43(2,3)50-31)35(37(57)45-21-26-19-33(54)39(63-26)52-14-12-34(55)48-42(52)62)49-36(56)30(13-15-64-5)46-41(61)47-32(40(59)60)18-24-20-44-29-9-7-6-8-27(24)29/h6-12,14,16,20-22,30-33,35,39,44,50,53-54H,13,15,17-19H2,1-5H3,(H,45,57)(H,49,56)(H,59,60)(H2,46,47,61)(H,48,55,62)/b26-21+/t22?,30?,31?,32-,33+,35?,39+/m0/s1. The van der Waals surface area contributed by atoms with Gasteiger partial charge in [-0.15, -0.1) is 0 Å². The molecule has 20 nitrogen and oxygen atoms in total. The van der Waals surface area contributed by atoms with Gasteiger partial charge in [-0.3, -0.25) is 34.0 Å². The predicted molar refractivity (Wildman–Crippen MR) is 236 cm³/mol. The van der Waals surface area contributed by atoms with Gasteiger partial charge >= 0.3 is 17.7 Å². The number of amides is 5. The Morgan fingerprint density at radius 1 is 1.03 bits per heavy atom. The first-order valence-electron chi connectivity index (χ1n) is 20.5. The number of aromatic hydroxyl groups is 1. The van der Waals surface area contributed by atoms with Crippen molar-refractivity contribution in [2.45, 2.75) is 94.5 Å². The van der Waals surface area contributed by atoms with Crippen LogP contribution in [-0.4, -0.2) is 120 Å². The number of thioether (sulfide) groups is 1. The van der Waals surface area contributed by atoms with E-state index in [2.05, 4.69) is 36.6 Å². The van der Waals surface area contributed by atoms with Crippen LogP contribution in [0.5, 0.6) is 5.75 Å². The zero-order valence-corrected chi connectivity index (χ0v) is 36.7. The highest BCUT2D eigenvalue weighted by Gasteiger charge is 2.41. The molecule has 342 valence electrons. The zero-order chi connectivity index (χ0) is 46.5. The van der Waals surface area contributed by atoms with Crippen molar-refractivity contribution in [2.24, 2.45) is 0 Å². The molecule has 7 atom stereocenters. The van der Waals surface area contributed by atoms with Gasteiger partial charge in [0.05, 0.1) is 12.1 Å². The molecule has 0 spiro atoms. The number of aliphatic hydroxyl groups excluding tert-OH is 1. The minimum absolute atomic E-state index is 0.0415. The molecule has 2 aromatic heterocycles. The number of para-hydroxylation sites is 1. The van der Waals surface area contributed by atoms with Gasteiger partial charge in [-0.25, -0.2) is 14.4 Å². The lowest BCUT2D eigenvalue weighted by Gasteiger charge is -2.41. The fraction of sp³-hybridized carbons (Fsp3) is 0.419. The van der Waals surface area contributed by atoms with Gasteiger partial charge in [-0.2, -0.15) is 11.8 Å². The number of carbonyl (C=O) groups excluding carboxylic acids is 4. The lowest BCUT2D eigenvalue weighted by Crippen LogP contribution is -2.63. The van der Waals surface area contributed by atoms with E-state index >= 15 is 0 Å². The van der Waals surface area contributed by atoms with Crippen molar-refractivity contribution in [1.29, 1.82) is 0 Å². The highest BCUT2D eigenvalue weighted by atomic mass is 32.2. The molecule has 1 fully saturated rings. The Bertz CT molecular complexity index is 2550. The molecule has 0 saturated carbocycles. The summed E-state index contributed by atoms with van der Waals surface area (Å²) in [7, 11) is 1.48. The van der Waals surface area contributed by atoms with Crippen LogP contribution in [0.4, 0.5) is 4.79 Å². The van der Waals surface area contributed by atoms with Crippen molar-refractivity contribution >= 4 is 52.4 Å². The number of carboxylic acids is 1. The van der Waals surface area contributed by atoms with Crippen LogP contribution in [-0.2, 0) is 42.3 Å². The minimum Gasteiger partial charge on any atom is -0.508 e. The number of aliphatic hydroxyl groups is 1. The molecular weight excluding hydrogens is 851 g/mol. The number of phenolic OH excluding ortho intramolecular Hbond substituents is 1. The van der Waals surface area contributed by atoms with Gasteiger partial charge in [0.25, 0.3) is 5.56 Å². The molecular formula is C43H53N9O11S. The lowest BCUT2D eigenvalue weighted by atomic mass is 9.82. The number of ether oxygens (including phenoxy) is 1. The van der Waals surface area contributed by atoms with Gasteiger partial charge in [-0.1, -0.05) is 24.3 Å². The summed E-state index contributed by atoms with van der Waals surface area (Å²) in [5.74, 6) is -2.88. The molecule has 2 aliphatic heterocycles. The van der Waals surface area contributed by atoms with Crippen molar-refractivity contribution < 1.29 is 44.0 Å². The van der Waals surface area contributed by atoms with Gasteiger partial charge in [0.2, 0.25) is 23.9 Å². The van der Waals surface area contributed by atoms with Crippen molar-refractivity contribution in [3.05, 3.63) is 110 Å². The second kappa shape index (κ2) is 19.9. The normalized spacial score (nSPS) is 20.2. The fourth-order valence-corrected chi connectivity index (χ4v) is 8.47. The number of likely N-dealkylation sites (N-methyl/N-ethyl adjacent to an activating group) is 1. The number of H-pyrrole nitrogens is 2. The molecule has 10 N–H and O–H groups in total. The van der Waals surface area contributed by atoms with E-state index in [1.807, 2.05) is 38.1 Å². The van der Waals surface area contributed by atoms with E-state index in [0.717, 1.165) is 45.1 Å². The Labute approximate surface area is 371 Å². The van der Waals surface area contributed by atoms with E-state index in [9.17, 15) is 48.9 Å². The molecule has 1 saturated heterocycles. The largest absolute Gasteiger partial charge is 0.508 e.